The van der Waals surface area contributed by atoms with E-state index in [-0.39, 0.29) is 6.03 Å². The quantitative estimate of drug-likeness (QED) is 0.861. The van der Waals surface area contributed by atoms with Crippen LogP contribution in [0.1, 0.15) is 18.9 Å². The molecule has 3 rings (SSSR count). The summed E-state index contributed by atoms with van der Waals surface area (Å²) in [6.07, 6.45) is 5.82. The van der Waals surface area contributed by atoms with E-state index in [9.17, 15) is 4.79 Å². The van der Waals surface area contributed by atoms with E-state index in [2.05, 4.69) is 20.4 Å². The third-order valence-corrected chi connectivity index (χ3v) is 4.08. The Labute approximate surface area is 140 Å². The van der Waals surface area contributed by atoms with Crippen molar-refractivity contribution in [1.29, 1.82) is 0 Å². The average Bonchev–Trinajstić information content (AvgIpc) is 3.31. The van der Waals surface area contributed by atoms with Crippen LogP contribution in [0.25, 0.3) is 5.82 Å². The van der Waals surface area contributed by atoms with E-state index in [0.717, 1.165) is 31.7 Å². The third-order valence-electron chi connectivity index (χ3n) is 4.08. The molecule has 0 spiro atoms. The highest BCUT2D eigenvalue weighted by Gasteiger charge is 2.21. The second kappa shape index (κ2) is 7.87. The first-order valence-electron chi connectivity index (χ1n) is 8.16. The summed E-state index contributed by atoms with van der Waals surface area (Å²) in [6.45, 7) is 5.41. The number of ether oxygens (including phenoxy) is 1. The Balaban J connectivity index is 1.51. The number of rotatable bonds is 6. The van der Waals surface area contributed by atoms with Gasteiger partial charge < -0.3 is 15.0 Å². The van der Waals surface area contributed by atoms with Crippen molar-refractivity contribution in [3.05, 3.63) is 36.5 Å². The zero-order chi connectivity index (χ0) is 16.8. The summed E-state index contributed by atoms with van der Waals surface area (Å²) in [5.41, 5.74) is 0.937. The third kappa shape index (κ3) is 4.08. The van der Waals surface area contributed by atoms with Gasteiger partial charge in [-0.2, -0.15) is 5.10 Å². The Morgan fingerprint density at radius 1 is 1.50 bits per heavy atom. The van der Waals surface area contributed by atoms with Gasteiger partial charge in [-0.05, 0) is 25.0 Å². The molecule has 0 aromatic carbocycles. The van der Waals surface area contributed by atoms with E-state index in [4.69, 9.17) is 4.74 Å². The lowest BCUT2D eigenvalue weighted by Crippen LogP contribution is -2.42. The maximum atomic E-state index is 12.3. The average molecular weight is 330 g/mol. The van der Waals surface area contributed by atoms with E-state index in [1.807, 2.05) is 24.0 Å². The second-order valence-corrected chi connectivity index (χ2v) is 5.79. The predicted octanol–water partition coefficient (Wildman–Crippen LogP) is 1.23. The number of hydrogen-bond acceptors (Lipinski definition) is 5. The number of carbonyl (C=O) groups excluding carboxylic acids is 1. The van der Waals surface area contributed by atoms with Crippen LogP contribution in [-0.4, -0.2) is 57.0 Å². The first-order valence-corrected chi connectivity index (χ1v) is 8.16. The molecular formula is C16H22N6O2. The van der Waals surface area contributed by atoms with E-state index in [0.29, 0.717) is 24.8 Å². The lowest BCUT2D eigenvalue weighted by Gasteiger charge is -2.24. The lowest BCUT2D eigenvalue weighted by atomic mass is 10.1. The lowest BCUT2D eigenvalue weighted by molar-refractivity contribution is 0.166. The molecule has 2 amide bonds. The van der Waals surface area contributed by atoms with Gasteiger partial charge in [-0.3, -0.25) is 0 Å². The minimum absolute atomic E-state index is 0.0512. The molecule has 1 saturated heterocycles. The highest BCUT2D eigenvalue weighted by atomic mass is 16.5. The second-order valence-electron chi connectivity index (χ2n) is 5.79. The molecule has 8 nitrogen and oxygen atoms in total. The minimum Gasteiger partial charge on any atom is -0.381 e. The highest BCUT2D eigenvalue weighted by Crippen LogP contribution is 2.14. The summed E-state index contributed by atoms with van der Waals surface area (Å²) >= 11 is 0. The van der Waals surface area contributed by atoms with E-state index >= 15 is 0 Å². The van der Waals surface area contributed by atoms with Gasteiger partial charge >= 0.3 is 6.03 Å². The molecule has 0 bridgehead atoms. The van der Waals surface area contributed by atoms with Crippen molar-refractivity contribution in [3.8, 4) is 5.82 Å². The Hall–Kier alpha value is -2.48. The molecule has 1 atom stereocenters. The van der Waals surface area contributed by atoms with Crippen LogP contribution in [0.2, 0.25) is 0 Å². The molecule has 1 aliphatic heterocycles. The molecular weight excluding hydrogens is 308 g/mol. The molecule has 24 heavy (non-hydrogen) atoms. The van der Waals surface area contributed by atoms with Crippen LogP contribution in [0, 0.1) is 5.92 Å². The Morgan fingerprint density at radius 3 is 3.04 bits per heavy atom. The molecule has 0 radical (unpaired) electrons. The number of urea groups is 1. The van der Waals surface area contributed by atoms with Gasteiger partial charge in [0.1, 0.15) is 12.7 Å². The smallest absolute Gasteiger partial charge is 0.317 e. The molecule has 2 aromatic heterocycles. The number of nitrogens with zero attached hydrogens (tertiary/aromatic N) is 5. The largest absolute Gasteiger partial charge is 0.381 e. The summed E-state index contributed by atoms with van der Waals surface area (Å²) < 4.78 is 6.96. The number of hydrogen-bond donors (Lipinski definition) is 1. The fraction of sp³-hybridized carbons (Fsp3) is 0.500. The fourth-order valence-electron chi connectivity index (χ4n) is 2.67. The van der Waals surface area contributed by atoms with Crippen LogP contribution < -0.4 is 5.32 Å². The molecule has 3 heterocycles. The molecule has 128 valence electrons. The minimum atomic E-state index is -0.0512. The molecule has 2 aromatic rings. The number of carbonyl (C=O) groups is 1. The van der Waals surface area contributed by atoms with Crippen LogP contribution in [0.15, 0.2) is 31.0 Å². The fourth-order valence-corrected chi connectivity index (χ4v) is 2.67. The molecule has 1 fully saturated rings. The maximum absolute atomic E-state index is 12.3. The van der Waals surface area contributed by atoms with Crippen molar-refractivity contribution in [2.75, 3.05) is 26.3 Å². The monoisotopic (exact) mass is 330 g/mol. The SMILES string of the molecule is CCN(C[C@H]1CCOC1)C(=O)NCc1ccc(-n2cncn2)nc1. The van der Waals surface area contributed by atoms with Gasteiger partial charge in [-0.1, -0.05) is 6.07 Å². The van der Waals surface area contributed by atoms with Crippen LogP contribution in [-0.2, 0) is 11.3 Å². The zero-order valence-electron chi connectivity index (χ0n) is 13.8. The Morgan fingerprint density at radius 2 is 2.42 bits per heavy atom. The first kappa shape index (κ1) is 16.4. The molecule has 1 aliphatic rings. The Bertz CT molecular complexity index is 637. The number of nitrogens with one attached hydrogen (secondary N) is 1. The van der Waals surface area contributed by atoms with Gasteiger partial charge in [-0.15, -0.1) is 0 Å². The topological polar surface area (TPSA) is 85.2 Å². The molecule has 1 N–H and O–H groups in total. The molecule has 0 aliphatic carbocycles. The van der Waals surface area contributed by atoms with Gasteiger partial charge in [0, 0.05) is 38.4 Å². The van der Waals surface area contributed by atoms with E-state index < -0.39 is 0 Å². The number of pyridine rings is 1. The van der Waals surface area contributed by atoms with Crippen LogP contribution >= 0.6 is 0 Å². The summed E-state index contributed by atoms with van der Waals surface area (Å²) in [5.74, 6) is 1.14. The van der Waals surface area contributed by atoms with Gasteiger partial charge in [0.15, 0.2) is 5.82 Å². The first-order chi connectivity index (χ1) is 11.8. The zero-order valence-corrected chi connectivity index (χ0v) is 13.8. The highest BCUT2D eigenvalue weighted by molar-refractivity contribution is 5.74. The van der Waals surface area contributed by atoms with Crippen LogP contribution in [0.5, 0.6) is 0 Å². The van der Waals surface area contributed by atoms with Crippen molar-refractivity contribution in [3.63, 3.8) is 0 Å². The molecule has 8 heteroatoms. The standard InChI is InChI=1S/C16H22N6O2/c1-2-21(9-14-5-6-24-10-14)16(23)19-8-13-3-4-15(18-7-13)22-12-17-11-20-22/h3-4,7,11-12,14H,2,5-6,8-10H2,1H3,(H,19,23)/t14-/m1/s1. The maximum Gasteiger partial charge on any atom is 0.317 e. The van der Waals surface area contributed by atoms with E-state index in [1.54, 1.807) is 17.2 Å². The van der Waals surface area contributed by atoms with Crippen molar-refractivity contribution in [2.45, 2.75) is 19.9 Å². The molecule has 0 saturated carbocycles. The molecule has 0 unspecified atom stereocenters. The van der Waals surface area contributed by atoms with Crippen molar-refractivity contribution < 1.29 is 9.53 Å². The van der Waals surface area contributed by atoms with Gasteiger partial charge in [0.2, 0.25) is 0 Å². The van der Waals surface area contributed by atoms with Gasteiger partial charge in [-0.25, -0.2) is 19.4 Å². The predicted molar refractivity (Wildman–Crippen MR) is 87.6 cm³/mol. The number of amides is 2. The van der Waals surface area contributed by atoms with E-state index in [1.165, 1.54) is 6.33 Å². The summed E-state index contributed by atoms with van der Waals surface area (Å²) in [6, 6.07) is 3.72. The van der Waals surface area contributed by atoms with Crippen LogP contribution in [0.4, 0.5) is 4.79 Å². The summed E-state index contributed by atoms with van der Waals surface area (Å²) in [4.78, 5) is 22.4. The summed E-state index contributed by atoms with van der Waals surface area (Å²) in [5, 5.41) is 6.98. The van der Waals surface area contributed by atoms with Gasteiger partial charge in [0.25, 0.3) is 0 Å². The Kier molecular flexibility index (Phi) is 5.37. The van der Waals surface area contributed by atoms with Crippen molar-refractivity contribution in [1.82, 2.24) is 30.0 Å². The number of aromatic nitrogens is 4. The van der Waals surface area contributed by atoms with Crippen LogP contribution in [0.3, 0.4) is 0 Å². The summed E-state index contributed by atoms with van der Waals surface area (Å²) in [7, 11) is 0. The van der Waals surface area contributed by atoms with Crippen molar-refractivity contribution >= 4 is 6.03 Å². The van der Waals surface area contributed by atoms with Crippen molar-refractivity contribution in [2.24, 2.45) is 5.92 Å². The van der Waals surface area contributed by atoms with Gasteiger partial charge in [0.05, 0.1) is 6.61 Å². The normalized spacial score (nSPS) is 17.0.